The highest BCUT2D eigenvalue weighted by Crippen LogP contribution is 2.33. The molecular weight excluding hydrogens is 272 g/mol. The van der Waals surface area contributed by atoms with Crippen LogP contribution in [-0.4, -0.2) is 40.9 Å². The standard InChI is InChI=1S/C15H26N2O2S/c1-10(2)12-5-4-11(3)6-13(12)16-14(18)7-17-9-20-8-15(17)19/h10-13H,4-9H2,1-3H3,(H,16,18)/t11-,12+,13+/m1/s1. The van der Waals surface area contributed by atoms with Gasteiger partial charge in [0, 0.05) is 6.04 Å². The average molecular weight is 298 g/mol. The minimum absolute atomic E-state index is 0.00519. The molecule has 3 atom stereocenters. The normalized spacial score (nSPS) is 30.9. The molecule has 0 aromatic carbocycles. The molecular formula is C15H26N2O2S. The quantitative estimate of drug-likeness (QED) is 0.864. The monoisotopic (exact) mass is 298 g/mol. The summed E-state index contributed by atoms with van der Waals surface area (Å²) in [6.45, 7) is 6.96. The van der Waals surface area contributed by atoms with Crippen LogP contribution in [0.25, 0.3) is 0 Å². The fourth-order valence-electron chi connectivity index (χ4n) is 3.33. The number of amides is 2. The first kappa shape index (κ1) is 15.7. The van der Waals surface area contributed by atoms with Gasteiger partial charge in [-0.25, -0.2) is 0 Å². The summed E-state index contributed by atoms with van der Waals surface area (Å²) in [7, 11) is 0. The van der Waals surface area contributed by atoms with Crippen molar-refractivity contribution in [1.82, 2.24) is 10.2 Å². The predicted octanol–water partition coefficient (Wildman–Crippen LogP) is 2.10. The van der Waals surface area contributed by atoms with Crippen molar-refractivity contribution < 1.29 is 9.59 Å². The highest BCUT2D eigenvalue weighted by molar-refractivity contribution is 8.00. The lowest BCUT2D eigenvalue weighted by Gasteiger charge is -2.38. The second kappa shape index (κ2) is 6.83. The Balaban J connectivity index is 1.88. The number of carbonyl (C=O) groups excluding carboxylic acids is 2. The molecule has 0 unspecified atom stereocenters. The Morgan fingerprint density at radius 3 is 2.80 bits per heavy atom. The molecule has 0 bridgehead atoms. The van der Waals surface area contributed by atoms with Crippen LogP contribution in [0.1, 0.15) is 40.0 Å². The van der Waals surface area contributed by atoms with Gasteiger partial charge in [-0.05, 0) is 30.6 Å². The van der Waals surface area contributed by atoms with E-state index in [-0.39, 0.29) is 24.4 Å². The van der Waals surface area contributed by atoms with E-state index in [2.05, 4.69) is 26.1 Å². The summed E-state index contributed by atoms with van der Waals surface area (Å²) in [6, 6.07) is 0.275. The first-order valence-corrected chi connectivity index (χ1v) is 8.77. The van der Waals surface area contributed by atoms with Crippen LogP contribution in [0.3, 0.4) is 0 Å². The molecule has 20 heavy (non-hydrogen) atoms. The maximum atomic E-state index is 12.2. The molecule has 0 spiro atoms. The first-order chi connectivity index (χ1) is 9.47. The largest absolute Gasteiger partial charge is 0.352 e. The molecule has 2 amide bonds. The summed E-state index contributed by atoms with van der Waals surface area (Å²) >= 11 is 1.58. The highest BCUT2D eigenvalue weighted by atomic mass is 32.2. The summed E-state index contributed by atoms with van der Waals surface area (Å²) in [5.41, 5.74) is 0. The third-order valence-corrected chi connectivity index (χ3v) is 5.47. The Labute approximate surface area is 126 Å². The van der Waals surface area contributed by atoms with Crippen LogP contribution in [0.15, 0.2) is 0 Å². The molecule has 1 N–H and O–H groups in total. The maximum Gasteiger partial charge on any atom is 0.239 e. The highest BCUT2D eigenvalue weighted by Gasteiger charge is 2.32. The minimum Gasteiger partial charge on any atom is -0.352 e. The molecule has 4 nitrogen and oxygen atoms in total. The predicted molar refractivity (Wildman–Crippen MR) is 82.3 cm³/mol. The van der Waals surface area contributed by atoms with Crippen molar-refractivity contribution in [3.8, 4) is 0 Å². The van der Waals surface area contributed by atoms with Gasteiger partial charge >= 0.3 is 0 Å². The number of hydrogen-bond acceptors (Lipinski definition) is 3. The van der Waals surface area contributed by atoms with E-state index in [1.54, 1.807) is 16.7 Å². The number of carbonyl (C=O) groups is 2. The Morgan fingerprint density at radius 2 is 2.20 bits per heavy atom. The molecule has 2 fully saturated rings. The van der Waals surface area contributed by atoms with Crippen molar-refractivity contribution in [2.24, 2.45) is 17.8 Å². The van der Waals surface area contributed by atoms with Crippen LogP contribution in [0.4, 0.5) is 0 Å². The third-order valence-electron chi connectivity index (χ3n) is 4.53. The fraction of sp³-hybridized carbons (Fsp3) is 0.867. The number of nitrogens with zero attached hydrogens (tertiary/aromatic N) is 1. The van der Waals surface area contributed by atoms with Crippen LogP contribution >= 0.6 is 11.8 Å². The van der Waals surface area contributed by atoms with Gasteiger partial charge < -0.3 is 10.2 Å². The molecule has 1 saturated carbocycles. The molecule has 1 aliphatic carbocycles. The zero-order valence-corrected chi connectivity index (χ0v) is 13.5. The van der Waals surface area contributed by atoms with Gasteiger partial charge in [0.15, 0.2) is 0 Å². The van der Waals surface area contributed by atoms with Crippen LogP contribution in [-0.2, 0) is 9.59 Å². The zero-order chi connectivity index (χ0) is 14.7. The van der Waals surface area contributed by atoms with Gasteiger partial charge in [0.05, 0.1) is 11.6 Å². The summed E-state index contributed by atoms with van der Waals surface area (Å²) < 4.78 is 0. The lowest BCUT2D eigenvalue weighted by Crippen LogP contribution is -2.48. The van der Waals surface area contributed by atoms with Crippen LogP contribution in [0.2, 0.25) is 0 Å². The maximum absolute atomic E-state index is 12.2. The Hall–Kier alpha value is -0.710. The molecule has 0 aromatic heterocycles. The Kier molecular flexibility index (Phi) is 5.35. The van der Waals surface area contributed by atoms with E-state index in [1.165, 1.54) is 12.8 Å². The van der Waals surface area contributed by atoms with Gasteiger partial charge in [0.2, 0.25) is 11.8 Å². The second-order valence-corrected chi connectivity index (χ2v) is 7.52. The van der Waals surface area contributed by atoms with E-state index < -0.39 is 0 Å². The van der Waals surface area contributed by atoms with E-state index >= 15 is 0 Å². The third kappa shape index (κ3) is 3.90. The number of nitrogens with one attached hydrogen (secondary N) is 1. The molecule has 2 rings (SSSR count). The van der Waals surface area contributed by atoms with Crippen molar-refractivity contribution in [2.45, 2.75) is 46.1 Å². The van der Waals surface area contributed by atoms with Crippen molar-refractivity contribution in [3.05, 3.63) is 0 Å². The average Bonchev–Trinajstić information content (AvgIpc) is 2.74. The van der Waals surface area contributed by atoms with Gasteiger partial charge in [-0.3, -0.25) is 9.59 Å². The topological polar surface area (TPSA) is 49.4 Å². The smallest absolute Gasteiger partial charge is 0.239 e. The van der Waals surface area contributed by atoms with Gasteiger partial charge in [0.25, 0.3) is 0 Å². The molecule has 5 heteroatoms. The van der Waals surface area contributed by atoms with E-state index in [9.17, 15) is 9.59 Å². The summed E-state index contributed by atoms with van der Waals surface area (Å²) in [5, 5.41) is 3.19. The summed E-state index contributed by atoms with van der Waals surface area (Å²) in [6.07, 6.45) is 3.52. The molecule has 114 valence electrons. The van der Waals surface area contributed by atoms with Crippen molar-refractivity contribution in [3.63, 3.8) is 0 Å². The molecule has 2 aliphatic rings. The van der Waals surface area contributed by atoms with Gasteiger partial charge in [-0.15, -0.1) is 11.8 Å². The fourth-order valence-corrected chi connectivity index (χ4v) is 4.24. The molecule has 0 radical (unpaired) electrons. The lowest BCUT2D eigenvalue weighted by molar-refractivity contribution is -0.133. The molecule has 1 heterocycles. The Morgan fingerprint density at radius 1 is 1.45 bits per heavy atom. The van der Waals surface area contributed by atoms with E-state index in [1.807, 2.05) is 0 Å². The molecule has 0 aromatic rings. The SMILES string of the molecule is CC(C)[C@@H]1CC[C@@H](C)C[C@@H]1NC(=O)CN1CSCC1=O. The Bertz CT molecular complexity index is 373. The zero-order valence-electron chi connectivity index (χ0n) is 12.7. The number of hydrogen-bond donors (Lipinski definition) is 1. The first-order valence-electron chi connectivity index (χ1n) is 7.62. The van der Waals surface area contributed by atoms with Crippen LogP contribution in [0.5, 0.6) is 0 Å². The van der Waals surface area contributed by atoms with E-state index in [0.717, 1.165) is 6.42 Å². The van der Waals surface area contributed by atoms with E-state index in [0.29, 0.717) is 29.4 Å². The number of rotatable bonds is 4. The summed E-state index contributed by atoms with van der Waals surface area (Å²) in [4.78, 5) is 25.4. The van der Waals surface area contributed by atoms with Crippen LogP contribution < -0.4 is 5.32 Å². The van der Waals surface area contributed by atoms with Gasteiger partial charge in [0.1, 0.15) is 6.54 Å². The van der Waals surface area contributed by atoms with Crippen molar-refractivity contribution in [1.29, 1.82) is 0 Å². The lowest BCUT2D eigenvalue weighted by atomic mass is 9.74. The second-order valence-electron chi connectivity index (χ2n) is 6.57. The van der Waals surface area contributed by atoms with Crippen LogP contribution in [0, 0.1) is 17.8 Å². The van der Waals surface area contributed by atoms with Gasteiger partial charge in [-0.2, -0.15) is 0 Å². The van der Waals surface area contributed by atoms with Gasteiger partial charge in [-0.1, -0.05) is 27.2 Å². The van der Waals surface area contributed by atoms with Crippen molar-refractivity contribution >= 4 is 23.6 Å². The van der Waals surface area contributed by atoms with E-state index in [4.69, 9.17) is 0 Å². The summed E-state index contributed by atoms with van der Waals surface area (Å²) in [5.74, 6) is 3.10. The number of thioether (sulfide) groups is 1. The minimum atomic E-state index is 0.00519. The molecule has 1 saturated heterocycles. The molecule has 1 aliphatic heterocycles. The van der Waals surface area contributed by atoms with Crippen molar-refractivity contribution in [2.75, 3.05) is 18.2 Å².